The van der Waals surface area contributed by atoms with Gasteiger partial charge in [-0.15, -0.1) is 0 Å². The summed E-state index contributed by atoms with van der Waals surface area (Å²) in [7, 11) is 0. The predicted octanol–water partition coefficient (Wildman–Crippen LogP) is 4.73. The molecule has 1 aliphatic heterocycles. The molecule has 1 heterocycles. The Bertz CT molecular complexity index is 410. The molecule has 0 atom stereocenters. The minimum Gasteiger partial charge on any atom is -0.494 e. The average molecular weight is 289 g/mol. The Hall–Kier alpha value is -1.02. The van der Waals surface area contributed by atoms with Gasteiger partial charge in [0, 0.05) is 0 Å². The van der Waals surface area contributed by atoms with Gasteiger partial charge in [0.15, 0.2) is 0 Å². The van der Waals surface area contributed by atoms with Crippen molar-refractivity contribution in [1.29, 1.82) is 0 Å². The van der Waals surface area contributed by atoms with E-state index in [4.69, 9.17) is 4.74 Å². The standard InChI is InChI=1S/C19H31NO/c1-17-10-11-19(16-18(17)2)21-15-9-4-3-6-12-20-13-7-5-8-14-20/h10-11,16H,3-9,12-15H2,1-2H3. The highest BCUT2D eigenvalue weighted by atomic mass is 16.5. The van der Waals surface area contributed by atoms with E-state index in [1.54, 1.807) is 0 Å². The molecule has 0 N–H and O–H groups in total. The van der Waals surface area contributed by atoms with Crippen LogP contribution in [0.4, 0.5) is 0 Å². The third kappa shape index (κ3) is 6.09. The van der Waals surface area contributed by atoms with Crippen LogP contribution < -0.4 is 4.74 Å². The summed E-state index contributed by atoms with van der Waals surface area (Å²) in [5, 5.41) is 0. The van der Waals surface area contributed by atoms with E-state index in [-0.39, 0.29) is 0 Å². The summed E-state index contributed by atoms with van der Waals surface area (Å²) in [6.07, 6.45) is 9.40. The largest absolute Gasteiger partial charge is 0.494 e. The summed E-state index contributed by atoms with van der Waals surface area (Å²) in [4.78, 5) is 2.63. The van der Waals surface area contributed by atoms with Crippen LogP contribution in [0.2, 0.25) is 0 Å². The maximum absolute atomic E-state index is 5.83. The SMILES string of the molecule is Cc1ccc(OCCCCCCN2CCCCC2)cc1C. The number of aryl methyl sites for hydroxylation is 2. The molecule has 1 aliphatic rings. The minimum atomic E-state index is 0.853. The Labute approximate surface area is 130 Å². The molecule has 1 fully saturated rings. The molecule has 1 aromatic rings. The normalized spacial score (nSPS) is 16.1. The Morgan fingerprint density at radius 1 is 0.905 bits per heavy atom. The maximum atomic E-state index is 5.83. The molecule has 2 rings (SSSR count). The van der Waals surface area contributed by atoms with Crippen molar-refractivity contribution >= 4 is 0 Å². The van der Waals surface area contributed by atoms with Crippen molar-refractivity contribution in [3.05, 3.63) is 29.3 Å². The maximum Gasteiger partial charge on any atom is 0.119 e. The van der Waals surface area contributed by atoms with Gasteiger partial charge in [-0.25, -0.2) is 0 Å². The van der Waals surface area contributed by atoms with E-state index in [0.717, 1.165) is 12.4 Å². The van der Waals surface area contributed by atoms with Crippen LogP contribution in [-0.4, -0.2) is 31.1 Å². The molecule has 0 amide bonds. The van der Waals surface area contributed by atoms with Crippen molar-refractivity contribution in [2.75, 3.05) is 26.2 Å². The van der Waals surface area contributed by atoms with Crippen LogP contribution >= 0.6 is 0 Å². The van der Waals surface area contributed by atoms with Crippen LogP contribution in [0.1, 0.15) is 56.1 Å². The van der Waals surface area contributed by atoms with Crippen LogP contribution in [0.25, 0.3) is 0 Å². The van der Waals surface area contributed by atoms with Crippen molar-refractivity contribution in [2.24, 2.45) is 0 Å². The first-order valence-electron chi connectivity index (χ1n) is 8.68. The quantitative estimate of drug-likeness (QED) is 0.642. The van der Waals surface area contributed by atoms with Crippen LogP contribution in [0, 0.1) is 13.8 Å². The number of likely N-dealkylation sites (tertiary alicyclic amines) is 1. The molecule has 0 aromatic heterocycles. The number of unbranched alkanes of at least 4 members (excludes halogenated alkanes) is 3. The molecule has 0 aliphatic carbocycles. The van der Waals surface area contributed by atoms with E-state index in [1.807, 2.05) is 0 Å². The predicted molar refractivity (Wildman–Crippen MR) is 90.2 cm³/mol. The Morgan fingerprint density at radius 3 is 2.43 bits per heavy atom. The van der Waals surface area contributed by atoms with Crippen LogP contribution in [-0.2, 0) is 0 Å². The van der Waals surface area contributed by atoms with Gasteiger partial charge in [0.05, 0.1) is 6.61 Å². The molecule has 0 saturated carbocycles. The second-order valence-electron chi connectivity index (χ2n) is 6.41. The van der Waals surface area contributed by atoms with Gasteiger partial charge >= 0.3 is 0 Å². The monoisotopic (exact) mass is 289 g/mol. The molecule has 1 saturated heterocycles. The fourth-order valence-electron chi connectivity index (χ4n) is 2.97. The third-order valence-corrected chi connectivity index (χ3v) is 4.56. The molecule has 0 spiro atoms. The second-order valence-corrected chi connectivity index (χ2v) is 6.41. The summed E-state index contributed by atoms with van der Waals surface area (Å²) >= 11 is 0. The topological polar surface area (TPSA) is 12.5 Å². The third-order valence-electron chi connectivity index (χ3n) is 4.56. The second kappa shape index (κ2) is 9.09. The number of piperidine rings is 1. The molecule has 1 aromatic carbocycles. The van der Waals surface area contributed by atoms with Crippen LogP contribution in [0.3, 0.4) is 0 Å². The highest BCUT2D eigenvalue weighted by molar-refractivity contribution is 5.33. The number of hydrogen-bond acceptors (Lipinski definition) is 2. The number of hydrogen-bond donors (Lipinski definition) is 0. The Balaban J connectivity index is 1.48. The number of benzene rings is 1. The first-order valence-corrected chi connectivity index (χ1v) is 8.68. The minimum absolute atomic E-state index is 0.853. The first-order chi connectivity index (χ1) is 10.3. The molecule has 21 heavy (non-hydrogen) atoms. The smallest absolute Gasteiger partial charge is 0.119 e. The molecule has 2 nitrogen and oxygen atoms in total. The van der Waals surface area contributed by atoms with Gasteiger partial charge in [0.25, 0.3) is 0 Å². The fraction of sp³-hybridized carbons (Fsp3) is 0.684. The fourth-order valence-corrected chi connectivity index (χ4v) is 2.97. The number of nitrogens with zero attached hydrogens (tertiary/aromatic N) is 1. The molecular formula is C19H31NO. The first kappa shape index (κ1) is 16.4. The van der Waals surface area contributed by atoms with Crippen LogP contribution in [0.15, 0.2) is 18.2 Å². The van der Waals surface area contributed by atoms with E-state index in [0.29, 0.717) is 0 Å². The van der Waals surface area contributed by atoms with E-state index >= 15 is 0 Å². The van der Waals surface area contributed by atoms with E-state index in [2.05, 4.69) is 36.9 Å². The van der Waals surface area contributed by atoms with Gasteiger partial charge in [-0.1, -0.05) is 25.3 Å². The summed E-state index contributed by atoms with van der Waals surface area (Å²) in [5.74, 6) is 1.02. The van der Waals surface area contributed by atoms with Crippen molar-refractivity contribution in [2.45, 2.75) is 58.8 Å². The molecule has 0 unspecified atom stereocenters. The van der Waals surface area contributed by atoms with Gasteiger partial charge in [0.1, 0.15) is 5.75 Å². The summed E-state index contributed by atoms with van der Waals surface area (Å²) < 4.78 is 5.83. The number of ether oxygens (including phenoxy) is 1. The lowest BCUT2D eigenvalue weighted by atomic mass is 10.1. The van der Waals surface area contributed by atoms with Gasteiger partial charge < -0.3 is 9.64 Å². The average Bonchev–Trinajstić information content (AvgIpc) is 2.51. The van der Waals surface area contributed by atoms with E-state index in [9.17, 15) is 0 Å². The van der Waals surface area contributed by atoms with Crippen molar-refractivity contribution in [1.82, 2.24) is 4.90 Å². The Kier molecular flexibility index (Phi) is 7.08. The van der Waals surface area contributed by atoms with Gasteiger partial charge in [0.2, 0.25) is 0 Å². The van der Waals surface area contributed by atoms with Crippen molar-refractivity contribution < 1.29 is 4.74 Å². The Morgan fingerprint density at radius 2 is 1.67 bits per heavy atom. The van der Waals surface area contributed by atoms with Gasteiger partial charge in [-0.2, -0.15) is 0 Å². The van der Waals surface area contributed by atoms with E-state index < -0.39 is 0 Å². The zero-order valence-corrected chi connectivity index (χ0v) is 13.9. The lowest BCUT2D eigenvalue weighted by Crippen LogP contribution is -2.30. The van der Waals surface area contributed by atoms with Crippen LogP contribution in [0.5, 0.6) is 5.75 Å². The molecule has 118 valence electrons. The zero-order chi connectivity index (χ0) is 14.9. The number of rotatable bonds is 8. The summed E-state index contributed by atoms with van der Waals surface area (Å²) in [6.45, 7) is 9.10. The lowest BCUT2D eigenvalue weighted by Gasteiger charge is -2.26. The molecule has 2 heteroatoms. The highest BCUT2D eigenvalue weighted by Gasteiger charge is 2.08. The summed E-state index contributed by atoms with van der Waals surface area (Å²) in [6, 6.07) is 6.37. The van der Waals surface area contributed by atoms with Gasteiger partial charge in [-0.3, -0.25) is 0 Å². The zero-order valence-electron chi connectivity index (χ0n) is 13.9. The lowest BCUT2D eigenvalue weighted by molar-refractivity contribution is 0.223. The molecular weight excluding hydrogens is 258 g/mol. The van der Waals surface area contributed by atoms with Crippen molar-refractivity contribution in [3.63, 3.8) is 0 Å². The molecule has 0 bridgehead atoms. The van der Waals surface area contributed by atoms with Crippen molar-refractivity contribution in [3.8, 4) is 5.75 Å². The summed E-state index contributed by atoms with van der Waals surface area (Å²) in [5.41, 5.74) is 2.65. The highest BCUT2D eigenvalue weighted by Crippen LogP contribution is 2.17. The van der Waals surface area contributed by atoms with Gasteiger partial charge in [-0.05, 0) is 82.4 Å². The molecule has 0 radical (unpaired) electrons. The van der Waals surface area contributed by atoms with E-state index in [1.165, 1.54) is 75.7 Å².